The van der Waals surface area contributed by atoms with Gasteiger partial charge in [0.2, 0.25) is 17.5 Å². The molecule has 2 saturated heterocycles. The summed E-state index contributed by atoms with van der Waals surface area (Å²) < 4.78 is -0.246. The van der Waals surface area contributed by atoms with E-state index in [0.29, 0.717) is 32.2 Å². The van der Waals surface area contributed by atoms with Gasteiger partial charge in [0.15, 0.2) is 6.17 Å². The van der Waals surface area contributed by atoms with Crippen molar-refractivity contribution in [3.63, 3.8) is 0 Å². The maximum absolute atomic E-state index is 13.6. The smallest absolute Gasteiger partial charge is 0.379 e. The number of fused-ring (bicyclic) bond motifs is 1. The molecule has 33 heavy (non-hydrogen) atoms. The fourth-order valence-corrected chi connectivity index (χ4v) is 7.01. The number of carbonyl (C=O) groups excluding carboxylic acids is 2. The second-order valence-electron chi connectivity index (χ2n) is 10.1. The van der Waals surface area contributed by atoms with Gasteiger partial charge >= 0.3 is 17.8 Å². The standard InChI is InChI=1S/C22H31N3O8/c26-18(14-6-3-4-7-15(14)19(27)28)23-17-8-2-1-5-11-25(17)21(31)22(25)12-13(24(32)33)9-10-16(22)20(29)30/h13-17H,1-12H2,(H2-,23,26,27,28,29,30)/p+1. The second-order valence-corrected chi connectivity index (χ2v) is 10.1. The predicted molar refractivity (Wildman–Crippen MR) is 112 cm³/mol. The van der Waals surface area contributed by atoms with Gasteiger partial charge in [-0.05, 0) is 38.5 Å². The lowest BCUT2D eigenvalue weighted by Crippen LogP contribution is -2.59. The van der Waals surface area contributed by atoms with E-state index in [9.17, 15) is 39.5 Å². The van der Waals surface area contributed by atoms with E-state index in [0.717, 1.165) is 25.7 Å². The van der Waals surface area contributed by atoms with Crippen LogP contribution in [0.4, 0.5) is 0 Å². The molecule has 11 heteroatoms. The lowest BCUT2D eigenvalue weighted by atomic mass is 9.75. The molecular formula is C22H32N3O8+. The van der Waals surface area contributed by atoms with Gasteiger partial charge in [0, 0.05) is 17.8 Å². The Kier molecular flexibility index (Phi) is 6.19. The van der Waals surface area contributed by atoms with Crippen LogP contribution in [0.1, 0.15) is 70.6 Å². The quantitative estimate of drug-likeness (QED) is 0.237. The highest BCUT2D eigenvalue weighted by Crippen LogP contribution is 2.60. The Morgan fingerprint density at radius 2 is 1.61 bits per heavy atom. The average molecular weight is 467 g/mol. The first-order valence-corrected chi connectivity index (χ1v) is 12.0. The molecule has 2 heterocycles. The number of carboxylic acids is 2. The Hall–Kier alpha value is -2.56. The first-order valence-electron chi connectivity index (χ1n) is 12.0. The lowest BCUT2D eigenvalue weighted by molar-refractivity contribution is -0.831. The number of carbonyl (C=O) groups is 4. The van der Waals surface area contributed by atoms with E-state index in [1.165, 1.54) is 0 Å². The van der Waals surface area contributed by atoms with Crippen LogP contribution in [0, 0.1) is 27.9 Å². The van der Waals surface area contributed by atoms with Crippen LogP contribution in [0.15, 0.2) is 0 Å². The number of nitrogens with one attached hydrogen (secondary N) is 1. The van der Waals surface area contributed by atoms with Crippen molar-refractivity contribution in [1.29, 1.82) is 0 Å². The molecule has 2 aliphatic carbocycles. The third kappa shape index (κ3) is 3.60. The van der Waals surface area contributed by atoms with Crippen molar-refractivity contribution in [1.82, 2.24) is 5.32 Å². The SMILES string of the molecule is O=C(O)C1CCCCC1C(=O)NC1CCCCC[N+]12C(=O)C21CC([N+](=O)[O-])CCC1C(=O)O. The zero-order valence-electron chi connectivity index (χ0n) is 18.6. The van der Waals surface area contributed by atoms with Gasteiger partial charge in [-0.15, -0.1) is 0 Å². The van der Waals surface area contributed by atoms with Gasteiger partial charge in [-0.3, -0.25) is 24.5 Å². The van der Waals surface area contributed by atoms with Crippen LogP contribution >= 0.6 is 0 Å². The molecule has 0 aromatic rings. The predicted octanol–water partition coefficient (Wildman–Crippen LogP) is 1.52. The fraction of sp³-hybridized carbons (Fsp3) is 0.818. The Morgan fingerprint density at radius 3 is 2.24 bits per heavy atom. The van der Waals surface area contributed by atoms with Crippen LogP contribution in [0.2, 0.25) is 0 Å². The minimum absolute atomic E-state index is 0.0527. The van der Waals surface area contributed by atoms with Crippen molar-refractivity contribution in [2.45, 2.75) is 88.4 Å². The maximum atomic E-state index is 13.6. The highest BCUT2D eigenvalue weighted by molar-refractivity contribution is 5.98. The number of hydrogen-bond acceptors (Lipinski definition) is 6. The third-order valence-corrected chi connectivity index (χ3v) is 8.65. The number of rotatable bonds is 5. The molecule has 0 bridgehead atoms. The molecule has 0 aromatic carbocycles. The molecule has 4 aliphatic rings. The zero-order valence-corrected chi connectivity index (χ0v) is 18.6. The summed E-state index contributed by atoms with van der Waals surface area (Å²) in [4.78, 5) is 61.8. The topological polar surface area (TPSA) is 164 Å². The summed E-state index contributed by atoms with van der Waals surface area (Å²) in [5, 5.41) is 34.0. The number of quaternary nitrogens is 1. The molecule has 2 saturated carbocycles. The van der Waals surface area contributed by atoms with E-state index in [4.69, 9.17) is 0 Å². The van der Waals surface area contributed by atoms with Crippen molar-refractivity contribution < 1.29 is 38.8 Å². The number of amides is 2. The van der Waals surface area contributed by atoms with Gasteiger partial charge in [0.1, 0.15) is 5.92 Å². The van der Waals surface area contributed by atoms with Gasteiger partial charge < -0.3 is 15.5 Å². The number of nitrogens with zero attached hydrogens (tertiary/aromatic N) is 2. The summed E-state index contributed by atoms with van der Waals surface area (Å²) in [5.41, 5.74) is -1.40. The molecule has 4 fully saturated rings. The Balaban J connectivity index is 1.66. The van der Waals surface area contributed by atoms with Crippen LogP contribution in [-0.2, 0) is 19.2 Å². The number of carboxylic acid groups (broad SMARTS) is 2. The number of aliphatic carboxylic acids is 2. The monoisotopic (exact) mass is 466 g/mol. The van der Waals surface area contributed by atoms with Gasteiger partial charge in [-0.2, -0.15) is 0 Å². The molecule has 2 amide bonds. The summed E-state index contributed by atoms with van der Waals surface area (Å²) >= 11 is 0. The molecule has 0 aromatic heterocycles. The van der Waals surface area contributed by atoms with Crippen LogP contribution in [0.25, 0.3) is 0 Å². The lowest BCUT2D eigenvalue weighted by Gasteiger charge is -2.36. The van der Waals surface area contributed by atoms with Gasteiger partial charge in [-0.1, -0.05) is 12.8 Å². The first kappa shape index (κ1) is 23.6. The summed E-state index contributed by atoms with van der Waals surface area (Å²) in [6.45, 7) is 0.338. The summed E-state index contributed by atoms with van der Waals surface area (Å²) in [5.74, 6) is -5.38. The van der Waals surface area contributed by atoms with Crippen molar-refractivity contribution in [3.8, 4) is 0 Å². The third-order valence-electron chi connectivity index (χ3n) is 8.65. The summed E-state index contributed by atoms with van der Waals surface area (Å²) in [6.07, 6.45) is 4.38. The first-order chi connectivity index (χ1) is 15.7. The number of nitro groups is 1. The normalized spacial score (nSPS) is 40.7. The van der Waals surface area contributed by atoms with Crippen LogP contribution in [-0.4, -0.2) is 67.7 Å². The van der Waals surface area contributed by atoms with Crippen molar-refractivity contribution >= 4 is 23.8 Å². The molecule has 7 unspecified atom stereocenters. The minimum atomic E-state index is -1.40. The van der Waals surface area contributed by atoms with Crippen molar-refractivity contribution in [2.24, 2.45) is 17.8 Å². The minimum Gasteiger partial charge on any atom is -0.481 e. The summed E-state index contributed by atoms with van der Waals surface area (Å²) in [6, 6.07) is -0.989. The van der Waals surface area contributed by atoms with E-state index >= 15 is 0 Å². The molecule has 7 atom stereocenters. The molecule has 11 nitrogen and oxygen atoms in total. The van der Waals surface area contributed by atoms with Crippen molar-refractivity contribution in [2.75, 3.05) is 6.54 Å². The van der Waals surface area contributed by atoms with E-state index in [2.05, 4.69) is 5.32 Å². The Bertz CT molecular complexity index is 878. The van der Waals surface area contributed by atoms with Gasteiger partial charge in [0.25, 0.3) is 0 Å². The van der Waals surface area contributed by atoms with E-state index in [1.54, 1.807) is 0 Å². The Morgan fingerprint density at radius 1 is 0.939 bits per heavy atom. The molecule has 2 aliphatic heterocycles. The van der Waals surface area contributed by atoms with Gasteiger partial charge in [-0.25, -0.2) is 9.28 Å². The van der Waals surface area contributed by atoms with E-state index < -0.39 is 58.3 Å². The van der Waals surface area contributed by atoms with Crippen LogP contribution in [0.5, 0.6) is 0 Å². The average Bonchev–Trinajstić information content (AvgIpc) is 3.36. The molecule has 0 radical (unpaired) electrons. The number of hydrogen-bond donors (Lipinski definition) is 3. The molecular weight excluding hydrogens is 434 g/mol. The highest BCUT2D eigenvalue weighted by atomic mass is 16.6. The van der Waals surface area contributed by atoms with E-state index in [-0.39, 0.29) is 29.7 Å². The molecule has 3 N–H and O–H groups in total. The fourth-order valence-electron chi connectivity index (χ4n) is 7.01. The maximum Gasteiger partial charge on any atom is 0.379 e. The molecule has 182 valence electrons. The molecule has 4 rings (SSSR count). The summed E-state index contributed by atoms with van der Waals surface area (Å²) in [7, 11) is 0. The van der Waals surface area contributed by atoms with Crippen LogP contribution in [0.3, 0.4) is 0 Å². The van der Waals surface area contributed by atoms with Crippen molar-refractivity contribution in [3.05, 3.63) is 10.1 Å². The molecule has 2 spiro atoms. The zero-order chi connectivity index (χ0) is 24.0. The largest absolute Gasteiger partial charge is 0.481 e. The van der Waals surface area contributed by atoms with Crippen LogP contribution < -0.4 is 5.32 Å². The highest BCUT2D eigenvalue weighted by Gasteiger charge is 2.89. The second kappa shape index (κ2) is 8.66. The Labute approximate surface area is 191 Å². The van der Waals surface area contributed by atoms with Gasteiger partial charge in [0.05, 0.1) is 24.8 Å². The van der Waals surface area contributed by atoms with E-state index in [1.807, 2.05) is 0 Å².